The van der Waals surface area contributed by atoms with Crippen LogP contribution in [0.3, 0.4) is 0 Å². The van der Waals surface area contributed by atoms with E-state index in [9.17, 15) is 0 Å². The maximum atomic E-state index is 5.99. The third kappa shape index (κ3) is 9.35. The van der Waals surface area contributed by atoms with Gasteiger partial charge in [-0.05, 0) is 61.4 Å². The lowest BCUT2D eigenvalue weighted by molar-refractivity contribution is 0.269. The number of rotatable bonds is 15. The standard InChI is InChI=1S/C28H43NOS/c1-2-3-4-5-6-7-8-12-17-28-29-23-27(31-28)25-18-20-26(21-19-25)30-22-13-16-24-14-10-9-11-15-24/h18-21,23-24H,2-17,22H2,1H3. The second-order valence-corrected chi connectivity index (χ2v) is 10.5. The molecule has 3 heteroatoms. The van der Waals surface area contributed by atoms with E-state index in [1.165, 1.54) is 112 Å². The zero-order valence-corrected chi connectivity index (χ0v) is 20.6. The van der Waals surface area contributed by atoms with Gasteiger partial charge < -0.3 is 4.74 Å². The van der Waals surface area contributed by atoms with Crippen LogP contribution in [0.5, 0.6) is 5.75 Å². The Kier molecular flexibility index (Phi) is 11.5. The molecule has 0 bridgehead atoms. The first kappa shape index (κ1) is 24.3. The first-order valence-electron chi connectivity index (χ1n) is 13.0. The second kappa shape index (κ2) is 14.7. The van der Waals surface area contributed by atoms with E-state index in [4.69, 9.17) is 4.74 Å². The Morgan fingerprint density at radius 1 is 0.871 bits per heavy atom. The summed E-state index contributed by atoms with van der Waals surface area (Å²) in [5.74, 6) is 1.95. The van der Waals surface area contributed by atoms with Gasteiger partial charge in [0.15, 0.2) is 0 Å². The minimum Gasteiger partial charge on any atom is -0.494 e. The van der Waals surface area contributed by atoms with E-state index in [1.807, 2.05) is 17.5 Å². The summed E-state index contributed by atoms with van der Waals surface area (Å²) in [5, 5.41) is 1.28. The van der Waals surface area contributed by atoms with Crippen molar-refractivity contribution in [2.24, 2.45) is 5.92 Å². The van der Waals surface area contributed by atoms with Crippen LogP contribution < -0.4 is 4.74 Å². The molecule has 0 spiro atoms. The third-order valence-electron chi connectivity index (χ3n) is 6.69. The molecule has 1 heterocycles. The summed E-state index contributed by atoms with van der Waals surface area (Å²) in [6.45, 7) is 3.13. The van der Waals surface area contributed by atoms with Crippen molar-refractivity contribution in [3.8, 4) is 16.2 Å². The summed E-state index contributed by atoms with van der Waals surface area (Å²) in [6.07, 6.45) is 23.8. The van der Waals surface area contributed by atoms with Gasteiger partial charge >= 0.3 is 0 Å². The van der Waals surface area contributed by atoms with Gasteiger partial charge in [0.25, 0.3) is 0 Å². The first-order chi connectivity index (χ1) is 15.3. The van der Waals surface area contributed by atoms with Gasteiger partial charge in [0.2, 0.25) is 0 Å². The van der Waals surface area contributed by atoms with E-state index < -0.39 is 0 Å². The normalized spacial score (nSPS) is 14.7. The van der Waals surface area contributed by atoms with Gasteiger partial charge in [0, 0.05) is 6.20 Å². The van der Waals surface area contributed by atoms with Crippen molar-refractivity contribution in [3.63, 3.8) is 0 Å². The Labute approximate surface area is 194 Å². The summed E-state index contributed by atoms with van der Waals surface area (Å²) in [5.41, 5.74) is 1.26. The highest BCUT2D eigenvalue weighted by atomic mass is 32.1. The van der Waals surface area contributed by atoms with Crippen LogP contribution in [0.1, 0.15) is 108 Å². The maximum absolute atomic E-state index is 5.99. The zero-order chi connectivity index (χ0) is 21.6. The van der Waals surface area contributed by atoms with Gasteiger partial charge in [-0.15, -0.1) is 11.3 Å². The van der Waals surface area contributed by atoms with E-state index in [-0.39, 0.29) is 0 Å². The fourth-order valence-corrected chi connectivity index (χ4v) is 5.69. The zero-order valence-electron chi connectivity index (χ0n) is 19.7. The number of aryl methyl sites for hydroxylation is 1. The molecule has 0 atom stereocenters. The monoisotopic (exact) mass is 441 g/mol. The highest BCUT2D eigenvalue weighted by molar-refractivity contribution is 7.15. The lowest BCUT2D eigenvalue weighted by Gasteiger charge is -2.21. The van der Waals surface area contributed by atoms with Crippen molar-refractivity contribution in [1.82, 2.24) is 4.98 Å². The lowest BCUT2D eigenvalue weighted by atomic mass is 9.86. The number of unbranched alkanes of at least 4 members (excludes halogenated alkanes) is 7. The average Bonchev–Trinajstić information content (AvgIpc) is 3.28. The molecule has 0 unspecified atom stereocenters. The average molecular weight is 442 g/mol. The van der Waals surface area contributed by atoms with Gasteiger partial charge in [0.05, 0.1) is 16.5 Å². The molecule has 1 aromatic heterocycles. The van der Waals surface area contributed by atoms with E-state index in [0.717, 1.165) is 24.7 Å². The number of thiazole rings is 1. The molecule has 3 rings (SSSR count). The van der Waals surface area contributed by atoms with E-state index in [1.54, 1.807) is 0 Å². The molecule has 1 aliphatic carbocycles. The molecule has 0 N–H and O–H groups in total. The Balaban J connectivity index is 1.31. The molecule has 1 aliphatic rings. The summed E-state index contributed by atoms with van der Waals surface area (Å²) in [6, 6.07) is 8.61. The Morgan fingerprint density at radius 2 is 1.58 bits per heavy atom. The van der Waals surface area contributed by atoms with E-state index in [2.05, 4.69) is 36.2 Å². The van der Waals surface area contributed by atoms with Crippen LogP contribution in [0.2, 0.25) is 0 Å². The fourth-order valence-electron chi connectivity index (χ4n) is 4.72. The summed E-state index contributed by atoms with van der Waals surface area (Å²) in [4.78, 5) is 5.94. The topological polar surface area (TPSA) is 22.1 Å². The Bertz CT molecular complexity index is 702. The van der Waals surface area contributed by atoms with Crippen LogP contribution in [0, 0.1) is 5.92 Å². The fraction of sp³-hybridized carbons (Fsp3) is 0.679. The molecule has 2 nitrogen and oxygen atoms in total. The van der Waals surface area contributed by atoms with Crippen LogP contribution in [-0.2, 0) is 6.42 Å². The molecular weight excluding hydrogens is 398 g/mol. The van der Waals surface area contributed by atoms with Crippen molar-refractivity contribution in [2.45, 2.75) is 110 Å². The van der Waals surface area contributed by atoms with Crippen molar-refractivity contribution in [2.75, 3.05) is 6.61 Å². The lowest BCUT2D eigenvalue weighted by Crippen LogP contribution is -2.08. The van der Waals surface area contributed by atoms with Crippen molar-refractivity contribution >= 4 is 11.3 Å². The van der Waals surface area contributed by atoms with Crippen LogP contribution in [0.25, 0.3) is 10.4 Å². The highest BCUT2D eigenvalue weighted by Gasteiger charge is 2.12. The molecule has 0 radical (unpaired) electrons. The van der Waals surface area contributed by atoms with Gasteiger partial charge in [-0.25, -0.2) is 4.98 Å². The summed E-state index contributed by atoms with van der Waals surface area (Å²) in [7, 11) is 0. The van der Waals surface area contributed by atoms with Gasteiger partial charge in [-0.3, -0.25) is 0 Å². The minimum atomic E-state index is 0.846. The predicted molar refractivity (Wildman–Crippen MR) is 135 cm³/mol. The second-order valence-electron chi connectivity index (χ2n) is 9.36. The minimum absolute atomic E-state index is 0.846. The molecule has 172 valence electrons. The van der Waals surface area contributed by atoms with Crippen LogP contribution >= 0.6 is 11.3 Å². The molecule has 0 aliphatic heterocycles. The van der Waals surface area contributed by atoms with Crippen molar-refractivity contribution in [1.29, 1.82) is 0 Å². The first-order valence-corrected chi connectivity index (χ1v) is 13.8. The van der Waals surface area contributed by atoms with Gasteiger partial charge in [-0.2, -0.15) is 0 Å². The molecule has 31 heavy (non-hydrogen) atoms. The largest absolute Gasteiger partial charge is 0.494 e. The molecule has 0 amide bonds. The predicted octanol–water partition coefficient (Wildman–Crippen LogP) is 9.23. The Hall–Kier alpha value is -1.35. The number of benzene rings is 1. The van der Waals surface area contributed by atoms with Crippen molar-refractivity contribution < 1.29 is 4.74 Å². The summed E-state index contributed by atoms with van der Waals surface area (Å²) < 4.78 is 5.99. The van der Waals surface area contributed by atoms with Crippen LogP contribution in [0.4, 0.5) is 0 Å². The molecule has 2 aromatic rings. The molecule has 1 fully saturated rings. The van der Waals surface area contributed by atoms with E-state index in [0.29, 0.717) is 0 Å². The summed E-state index contributed by atoms with van der Waals surface area (Å²) >= 11 is 1.85. The molecule has 1 saturated carbocycles. The molecule has 0 saturated heterocycles. The quantitative estimate of drug-likeness (QED) is 0.257. The van der Waals surface area contributed by atoms with E-state index >= 15 is 0 Å². The SMILES string of the molecule is CCCCCCCCCCc1ncc(-c2ccc(OCCCC3CCCCC3)cc2)s1. The smallest absolute Gasteiger partial charge is 0.119 e. The number of ether oxygens (including phenoxy) is 1. The van der Waals surface area contributed by atoms with Crippen LogP contribution in [-0.4, -0.2) is 11.6 Å². The molecule has 1 aromatic carbocycles. The maximum Gasteiger partial charge on any atom is 0.119 e. The number of hydrogen-bond acceptors (Lipinski definition) is 3. The number of aromatic nitrogens is 1. The number of nitrogens with zero attached hydrogens (tertiary/aromatic N) is 1. The van der Waals surface area contributed by atoms with Crippen LogP contribution in [0.15, 0.2) is 30.5 Å². The van der Waals surface area contributed by atoms with Crippen molar-refractivity contribution in [3.05, 3.63) is 35.5 Å². The third-order valence-corrected chi connectivity index (χ3v) is 7.79. The Morgan fingerprint density at radius 3 is 2.32 bits per heavy atom. The van der Waals surface area contributed by atoms with Gasteiger partial charge in [-0.1, -0.05) is 84.0 Å². The highest BCUT2D eigenvalue weighted by Crippen LogP contribution is 2.29. The molecular formula is C28H43NOS. The number of hydrogen-bond donors (Lipinski definition) is 0. The van der Waals surface area contributed by atoms with Gasteiger partial charge in [0.1, 0.15) is 5.75 Å².